The number of oxime groups is 1. The third-order valence-electron chi connectivity index (χ3n) is 3.51. The van der Waals surface area contributed by atoms with Crippen LogP contribution in [-0.4, -0.2) is 34.0 Å². The number of piperidine rings is 1. The van der Waals surface area contributed by atoms with Gasteiger partial charge in [-0.1, -0.05) is 12.1 Å². The number of rotatable bonds is 3. The summed E-state index contributed by atoms with van der Waals surface area (Å²) in [6.07, 6.45) is 2.11. The fourth-order valence-corrected chi connectivity index (χ4v) is 2.24. The maximum atomic E-state index is 10.9. The minimum atomic E-state index is -0.595. The van der Waals surface area contributed by atoms with E-state index in [0.717, 1.165) is 25.9 Å². The van der Waals surface area contributed by atoms with Gasteiger partial charge in [-0.05, 0) is 24.8 Å². The lowest BCUT2D eigenvalue weighted by molar-refractivity contribution is -0.385. The van der Waals surface area contributed by atoms with E-state index in [4.69, 9.17) is 10.9 Å². The molecule has 1 aromatic heterocycles. The zero-order chi connectivity index (χ0) is 14.7. The highest BCUT2D eigenvalue weighted by Gasteiger charge is 2.23. The average molecular weight is 279 g/mol. The number of nitrogens with zero attached hydrogens (tertiary/aromatic N) is 4. The molecular weight excluding hydrogens is 262 g/mol. The SMILES string of the molecule is CC1CCN(c2ccc([N+](=O)[O-])c(/C(N)=N/O)n2)CC1. The van der Waals surface area contributed by atoms with Gasteiger partial charge in [0.2, 0.25) is 0 Å². The van der Waals surface area contributed by atoms with Gasteiger partial charge in [0.05, 0.1) is 4.92 Å². The Morgan fingerprint density at radius 3 is 2.75 bits per heavy atom. The Labute approximate surface area is 116 Å². The molecule has 2 rings (SSSR count). The molecule has 2 heterocycles. The Hall–Kier alpha value is -2.38. The first kappa shape index (κ1) is 14.0. The molecule has 0 radical (unpaired) electrons. The molecule has 1 fully saturated rings. The highest BCUT2D eigenvalue weighted by Crippen LogP contribution is 2.25. The van der Waals surface area contributed by atoms with Crippen molar-refractivity contribution in [3.05, 3.63) is 27.9 Å². The smallest absolute Gasteiger partial charge is 0.298 e. The Bertz CT molecular complexity index is 538. The zero-order valence-electron chi connectivity index (χ0n) is 11.2. The molecule has 1 aromatic rings. The monoisotopic (exact) mass is 279 g/mol. The number of amidine groups is 1. The van der Waals surface area contributed by atoms with Gasteiger partial charge in [-0.2, -0.15) is 0 Å². The molecule has 108 valence electrons. The van der Waals surface area contributed by atoms with Crippen LogP contribution >= 0.6 is 0 Å². The van der Waals surface area contributed by atoms with Crippen molar-refractivity contribution in [1.29, 1.82) is 0 Å². The van der Waals surface area contributed by atoms with Crippen LogP contribution in [0.1, 0.15) is 25.5 Å². The number of anilines is 1. The van der Waals surface area contributed by atoms with Crippen molar-refractivity contribution in [2.75, 3.05) is 18.0 Å². The quantitative estimate of drug-likeness (QED) is 0.283. The Kier molecular flexibility index (Phi) is 4.02. The summed E-state index contributed by atoms with van der Waals surface area (Å²) < 4.78 is 0. The maximum Gasteiger partial charge on any atom is 0.298 e. The summed E-state index contributed by atoms with van der Waals surface area (Å²) in [6.45, 7) is 3.89. The summed E-state index contributed by atoms with van der Waals surface area (Å²) >= 11 is 0. The third kappa shape index (κ3) is 2.79. The van der Waals surface area contributed by atoms with E-state index >= 15 is 0 Å². The van der Waals surface area contributed by atoms with Crippen molar-refractivity contribution in [1.82, 2.24) is 4.98 Å². The van der Waals surface area contributed by atoms with Crippen LogP contribution in [0.25, 0.3) is 0 Å². The number of pyridine rings is 1. The Morgan fingerprint density at radius 2 is 2.20 bits per heavy atom. The van der Waals surface area contributed by atoms with Gasteiger partial charge < -0.3 is 15.8 Å². The molecule has 0 atom stereocenters. The summed E-state index contributed by atoms with van der Waals surface area (Å²) in [4.78, 5) is 16.6. The van der Waals surface area contributed by atoms with Crippen molar-refractivity contribution >= 4 is 17.3 Å². The van der Waals surface area contributed by atoms with Crippen molar-refractivity contribution in [2.45, 2.75) is 19.8 Å². The summed E-state index contributed by atoms with van der Waals surface area (Å²) in [5.74, 6) is 0.931. The molecule has 0 amide bonds. The van der Waals surface area contributed by atoms with E-state index in [2.05, 4.69) is 22.0 Å². The first-order chi connectivity index (χ1) is 9.52. The molecule has 1 aliphatic heterocycles. The van der Waals surface area contributed by atoms with Crippen LogP contribution in [0.15, 0.2) is 17.3 Å². The lowest BCUT2D eigenvalue weighted by atomic mass is 9.99. The number of hydrogen-bond acceptors (Lipinski definition) is 6. The van der Waals surface area contributed by atoms with E-state index in [0.29, 0.717) is 11.7 Å². The van der Waals surface area contributed by atoms with Crippen LogP contribution < -0.4 is 10.6 Å². The molecule has 0 saturated carbocycles. The van der Waals surface area contributed by atoms with Gasteiger partial charge >= 0.3 is 0 Å². The third-order valence-corrected chi connectivity index (χ3v) is 3.51. The number of nitrogens with two attached hydrogens (primary N) is 1. The summed E-state index contributed by atoms with van der Waals surface area (Å²) in [5.41, 5.74) is 5.10. The van der Waals surface area contributed by atoms with Crippen LogP contribution in [-0.2, 0) is 0 Å². The van der Waals surface area contributed by atoms with Gasteiger partial charge in [0.15, 0.2) is 11.5 Å². The second kappa shape index (κ2) is 5.72. The minimum Gasteiger partial charge on any atom is -0.409 e. The van der Waals surface area contributed by atoms with Gasteiger partial charge in [0, 0.05) is 19.2 Å². The zero-order valence-corrected chi connectivity index (χ0v) is 11.2. The number of hydrogen-bond donors (Lipinski definition) is 2. The highest BCUT2D eigenvalue weighted by atomic mass is 16.6. The second-order valence-electron chi connectivity index (χ2n) is 4.95. The fraction of sp³-hybridized carbons (Fsp3) is 0.500. The number of aromatic nitrogens is 1. The minimum absolute atomic E-state index is 0.103. The molecule has 0 bridgehead atoms. The van der Waals surface area contributed by atoms with Crippen molar-refractivity contribution < 1.29 is 10.1 Å². The lowest BCUT2D eigenvalue weighted by Crippen LogP contribution is -2.34. The van der Waals surface area contributed by atoms with Gasteiger partial charge in [0.25, 0.3) is 5.69 Å². The topological polar surface area (TPSA) is 118 Å². The first-order valence-electron chi connectivity index (χ1n) is 6.41. The standard InChI is InChI=1S/C12H17N5O3/c1-8-4-6-16(7-5-8)10-3-2-9(17(19)20)11(14-10)12(13)15-18/h2-3,8,18H,4-7H2,1H3,(H2,13,15). The number of nitro groups is 1. The molecule has 1 aliphatic rings. The normalized spacial score (nSPS) is 17.2. The van der Waals surface area contributed by atoms with Crippen molar-refractivity contribution in [3.8, 4) is 0 Å². The molecular formula is C12H17N5O3. The molecule has 0 aliphatic carbocycles. The first-order valence-corrected chi connectivity index (χ1v) is 6.41. The highest BCUT2D eigenvalue weighted by molar-refractivity contribution is 5.99. The van der Waals surface area contributed by atoms with Gasteiger partial charge in [-0.25, -0.2) is 4.98 Å². The summed E-state index contributed by atoms with van der Waals surface area (Å²) in [6, 6.07) is 2.94. The largest absolute Gasteiger partial charge is 0.409 e. The van der Waals surface area contributed by atoms with Gasteiger partial charge in [0.1, 0.15) is 5.82 Å². The van der Waals surface area contributed by atoms with Gasteiger partial charge in [-0.15, -0.1) is 0 Å². The van der Waals surface area contributed by atoms with E-state index in [1.54, 1.807) is 6.07 Å². The van der Waals surface area contributed by atoms with Crippen LogP contribution in [0.2, 0.25) is 0 Å². The van der Waals surface area contributed by atoms with Crippen molar-refractivity contribution in [3.63, 3.8) is 0 Å². The van der Waals surface area contributed by atoms with Gasteiger partial charge in [-0.3, -0.25) is 10.1 Å². The lowest BCUT2D eigenvalue weighted by Gasteiger charge is -2.31. The fourth-order valence-electron chi connectivity index (χ4n) is 2.24. The van der Waals surface area contributed by atoms with E-state index in [1.165, 1.54) is 6.07 Å². The van der Waals surface area contributed by atoms with Crippen LogP contribution in [0.5, 0.6) is 0 Å². The van der Waals surface area contributed by atoms with Crippen LogP contribution in [0.3, 0.4) is 0 Å². The molecule has 20 heavy (non-hydrogen) atoms. The average Bonchev–Trinajstić information content (AvgIpc) is 2.46. The van der Waals surface area contributed by atoms with Crippen LogP contribution in [0.4, 0.5) is 11.5 Å². The van der Waals surface area contributed by atoms with Crippen molar-refractivity contribution in [2.24, 2.45) is 16.8 Å². The van der Waals surface area contributed by atoms with E-state index in [9.17, 15) is 10.1 Å². The molecule has 8 heteroatoms. The van der Waals surface area contributed by atoms with Crippen LogP contribution in [0, 0.1) is 16.0 Å². The maximum absolute atomic E-state index is 10.9. The molecule has 0 aromatic carbocycles. The summed E-state index contributed by atoms with van der Waals surface area (Å²) in [5, 5.41) is 22.5. The molecule has 0 unspecified atom stereocenters. The Morgan fingerprint density at radius 1 is 1.55 bits per heavy atom. The Balaban J connectivity index is 2.34. The summed E-state index contributed by atoms with van der Waals surface area (Å²) in [7, 11) is 0. The molecule has 0 spiro atoms. The van der Waals surface area contributed by atoms with E-state index < -0.39 is 4.92 Å². The molecule has 1 saturated heterocycles. The van der Waals surface area contributed by atoms with E-state index in [-0.39, 0.29) is 17.2 Å². The van der Waals surface area contributed by atoms with E-state index in [1.807, 2.05) is 0 Å². The predicted octanol–water partition coefficient (Wildman–Crippen LogP) is 1.32. The molecule has 3 N–H and O–H groups in total. The second-order valence-corrected chi connectivity index (χ2v) is 4.95. The predicted molar refractivity (Wildman–Crippen MR) is 74.0 cm³/mol. The molecule has 8 nitrogen and oxygen atoms in total.